The Morgan fingerprint density at radius 2 is 1.81 bits per heavy atom. The van der Waals surface area contributed by atoms with E-state index in [1.54, 1.807) is 12.1 Å². The van der Waals surface area contributed by atoms with Crippen LogP contribution in [0, 0.1) is 13.8 Å². The number of aromatic nitrogens is 1. The molecule has 1 aromatic carbocycles. The monoisotopic (exact) mass is 353 g/mol. The molecule has 0 spiro atoms. The van der Waals surface area contributed by atoms with Gasteiger partial charge in [-0.15, -0.1) is 0 Å². The fourth-order valence-electron chi connectivity index (χ4n) is 3.49. The fraction of sp³-hybridized carbons (Fsp3) is 0.350. The fourth-order valence-corrected chi connectivity index (χ4v) is 3.49. The van der Waals surface area contributed by atoms with E-state index in [9.17, 15) is 14.7 Å². The summed E-state index contributed by atoms with van der Waals surface area (Å²) in [5, 5.41) is 12.5. The number of nitrogens with one attached hydrogen (secondary N) is 1. The predicted octanol–water partition coefficient (Wildman–Crippen LogP) is 2.51. The number of amides is 1. The minimum absolute atomic E-state index is 0.0726. The molecule has 1 fully saturated rings. The standard InChI is InChI=1S/C20H23N3O3/c1-12-4-7-15(8-5-12)17-10-23(11-18(17)22-14(3)24)19-16(20(25)26)9-6-13(2)21-19/h4-9,17-18H,10-11H2,1-3H3,(H,22,24)(H,25,26)/t17-,18+/m0/s1. The van der Waals surface area contributed by atoms with Crippen LogP contribution in [0.3, 0.4) is 0 Å². The van der Waals surface area contributed by atoms with E-state index in [1.807, 2.05) is 18.7 Å². The molecule has 6 nitrogen and oxygen atoms in total. The molecule has 1 saturated heterocycles. The third-order valence-electron chi connectivity index (χ3n) is 4.76. The van der Waals surface area contributed by atoms with E-state index >= 15 is 0 Å². The molecule has 1 aliphatic rings. The van der Waals surface area contributed by atoms with Gasteiger partial charge < -0.3 is 15.3 Å². The zero-order valence-corrected chi connectivity index (χ0v) is 15.2. The van der Waals surface area contributed by atoms with Gasteiger partial charge in [0.2, 0.25) is 5.91 Å². The SMILES string of the molecule is CC(=O)N[C@@H]1CN(c2nc(C)ccc2C(=O)O)C[C@H]1c1ccc(C)cc1. The van der Waals surface area contributed by atoms with Crippen LogP contribution in [0.4, 0.5) is 5.82 Å². The van der Waals surface area contributed by atoms with Crippen LogP contribution in [0.25, 0.3) is 0 Å². The molecule has 2 heterocycles. The Morgan fingerprint density at radius 1 is 1.12 bits per heavy atom. The molecule has 0 unspecified atom stereocenters. The number of aromatic carboxylic acids is 1. The van der Waals surface area contributed by atoms with E-state index in [4.69, 9.17) is 0 Å². The number of carboxylic acids is 1. The number of hydrogen-bond acceptors (Lipinski definition) is 4. The van der Waals surface area contributed by atoms with Crippen molar-refractivity contribution in [3.63, 3.8) is 0 Å². The Balaban J connectivity index is 1.96. The number of pyridine rings is 1. The van der Waals surface area contributed by atoms with Gasteiger partial charge in [0.05, 0.1) is 6.04 Å². The topological polar surface area (TPSA) is 82.5 Å². The largest absolute Gasteiger partial charge is 0.478 e. The molecule has 0 aliphatic carbocycles. The number of rotatable bonds is 4. The van der Waals surface area contributed by atoms with E-state index in [-0.39, 0.29) is 23.4 Å². The molecule has 1 aliphatic heterocycles. The van der Waals surface area contributed by atoms with Crippen molar-refractivity contribution in [3.8, 4) is 0 Å². The van der Waals surface area contributed by atoms with Crippen LogP contribution >= 0.6 is 0 Å². The molecule has 0 radical (unpaired) electrons. The second-order valence-corrected chi connectivity index (χ2v) is 6.86. The summed E-state index contributed by atoms with van der Waals surface area (Å²) in [5.74, 6) is -0.557. The Labute approximate surface area is 152 Å². The molecule has 0 saturated carbocycles. The van der Waals surface area contributed by atoms with Crippen molar-refractivity contribution < 1.29 is 14.7 Å². The van der Waals surface area contributed by atoms with Crippen LogP contribution in [-0.2, 0) is 4.79 Å². The lowest BCUT2D eigenvalue weighted by Crippen LogP contribution is -2.38. The summed E-state index contributed by atoms with van der Waals surface area (Å²) in [4.78, 5) is 29.7. The molecule has 2 aromatic rings. The minimum Gasteiger partial charge on any atom is -0.478 e. The third-order valence-corrected chi connectivity index (χ3v) is 4.76. The van der Waals surface area contributed by atoms with Crippen LogP contribution in [0.1, 0.15) is 40.0 Å². The first-order valence-corrected chi connectivity index (χ1v) is 8.64. The molecule has 1 aromatic heterocycles. The van der Waals surface area contributed by atoms with Gasteiger partial charge in [-0.1, -0.05) is 29.8 Å². The molecular weight excluding hydrogens is 330 g/mol. The lowest BCUT2D eigenvalue weighted by molar-refractivity contribution is -0.119. The molecule has 136 valence electrons. The van der Waals surface area contributed by atoms with Crippen LogP contribution in [0.2, 0.25) is 0 Å². The van der Waals surface area contributed by atoms with E-state index in [1.165, 1.54) is 12.5 Å². The summed E-state index contributed by atoms with van der Waals surface area (Å²) in [6, 6.07) is 11.4. The van der Waals surface area contributed by atoms with Crippen LogP contribution < -0.4 is 10.2 Å². The average molecular weight is 353 g/mol. The third kappa shape index (κ3) is 3.69. The van der Waals surface area contributed by atoms with Gasteiger partial charge >= 0.3 is 5.97 Å². The summed E-state index contributed by atoms with van der Waals surface area (Å²) in [7, 11) is 0. The summed E-state index contributed by atoms with van der Waals surface area (Å²) in [5.41, 5.74) is 3.25. The van der Waals surface area contributed by atoms with Gasteiger partial charge in [-0.25, -0.2) is 9.78 Å². The maximum atomic E-state index is 11.7. The number of benzene rings is 1. The quantitative estimate of drug-likeness (QED) is 0.882. The lowest BCUT2D eigenvalue weighted by Gasteiger charge is -2.20. The molecule has 6 heteroatoms. The highest BCUT2D eigenvalue weighted by Gasteiger charge is 2.36. The zero-order chi connectivity index (χ0) is 18.8. The molecular formula is C20H23N3O3. The minimum atomic E-state index is -0.998. The summed E-state index contributed by atoms with van der Waals surface area (Å²) in [6.45, 7) is 6.50. The maximum Gasteiger partial charge on any atom is 0.339 e. The Morgan fingerprint density at radius 3 is 2.42 bits per heavy atom. The molecule has 2 atom stereocenters. The number of aryl methyl sites for hydroxylation is 2. The van der Waals surface area contributed by atoms with Crippen molar-refractivity contribution in [3.05, 3.63) is 58.8 Å². The zero-order valence-electron chi connectivity index (χ0n) is 15.2. The van der Waals surface area contributed by atoms with Gasteiger partial charge in [-0.05, 0) is 31.5 Å². The van der Waals surface area contributed by atoms with Crippen molar-refractivity contribution in [2.45, 2.75) is 32.7 Å². The van der Waals surface area contributed by atoms with Crippen LogP contribution in [0.5, 0.6) is 0 Å². The lowest BCUT2D eigenvalue weighted by atomic mass is 9.93. The summed E-state index contributed by atoms with van der Waals surface area (Å²) < 4.78 is 0. The van der Waals surface area contributed by atoms with E-state index in [0.717, 1.165) is 11.3 Å². The van der Waals surface area contributed by atoms with Gasteiger partial charge in [-0.2, -0.15) is 0 Å². The van der Waals surface area contributed by atoms with Gasteiger partial charge in [0.1, 0.15) is 11.4 Å². The molecule has 0 bridgehead atoms. The van der Waals surface area contributed by atoms with Gasteiger partial charge in [0, 0.05) is 31.6 Å². The van der Waals surface area contributed by atoms with E-state index in [0.29, 0.717) is 18.9 Å². The first kappa shape index (κ1) is 17.9. The number of carboxylic acid groups (broad SMARTS) is 1. The van der Waals surface area contributed by atoms with E-state index in [2.05, 4.69) is 34.6 Å². The predicted molar refractivity (Wildman–Crippen MR) is 99.7 cm³/mol. The number of hydrogen-bond donors (Lipinski definition) is 2. The highest BCUT2D eigenvalue weighted by molar-refractivity contribution is 5.93. The molecule has 3 rings (SSSR count). The number of anilines is 1. The number of nitrogens with zero attached hydrogens (tertiary/aromatic N) is 2. The molecule has 1 amide bonds. The highest BCUT2D eigenvalue weighted by Crippen LogP contribution is 2.32. The van der Waals surface area contributed by atoms with Crippen LogP contribution in [-0.4, -0.2) is 41.1 Å². The van der Waals surface area contributed by atoms with Crippen molar-refractivity contribution in [1.82, 2.24) is 10.3 Å². The van der Waals surface area contributed by atoms with Crippen molar-refractivity contribution in [1.29, 1.82) is 0 Å². The number of carbonyl (C=O) groups is 2. The van der Waals surface area contributed by atoms with Crippen molar-refractivity contribution in [2.75, 3.05) is 18.0 Å². The van der Waals surface area contributed by atoms with Crippen LogP contribution in [0.15, 0.2) is 36.4 Å². The smallest absolute Gasteiger partial charge is 0.339 e. The van der Waals surface area contributed by atoms with Gasteiger partial charge in [0.25, 0.3) is 0 Å². The highest BCUT2D eigenvalue weighted by atomic mass is 16.4. The van der Waals surface area contributed by atoms with Gasteiger partial charge in [0.15, 0.2) is 0 Å². The average Bonchev–Trinajstić information content (AvgIpc) is 2.98. The second-order valence-electron chi connectivity index (χ2n) is 6.86. The molecule has 26 heavy (non-hydrogen) atoms. The molecule has 2 N–H and O–H groups in total. The Bertz CT molecular complexity index is 833. The first-order valence-electron chi connectivity index (χ1n) is 8.64. The first-order chi connectivity index (χ1) is 12.3. The second kappa shape index (κ2) is 7.15. The van der Waals surface area contributed by atoms with Gasteiger partial charge in [-0.3, -0.25) is 4.79 Å². The Kier molecular flexibility index (Phi) is 4.93. The van der Waals surface area contributed by atoms with Crippen molar-refractivity contribution in [2.24, 2.45) is 0 Å². The maximum absolute atomic E-state index is 11.7. The number of carbonyl (C=O) groups excluding carboxylic acids is 1. The summed E-state index contributed by atoms with van der Waals surface area (Å²) >= 11 is 0. The van der Waals surface area contributed by atoms with E-state index < -0.39 is 5.97 Å². The normalized spacial score (nSPS) is 19.4. The van der Waals surface area contributed by atoms with Crippen molar-refractivity contribution >= 4 is 17.7 Å². The summed E-state index contributed by atoms with van der Waals surface area (Å²) in [6.07, 6.45) is 0. The Hall–Kier alpha value is -2.89.